The SMILES string of the molecule is FC(F)(F)c1cc(Sc2cccc(Cl)c2)nc(Cl)n1. The Bertz CT molecular complexity index is 605. The Morgan fingerprint density at radius 3 is 2.42 bits per heavy atom. The van der Waals surface area contributed by atoms with Gasteiger partial charge in [0, 0.05) is 16.0 Å². The van der Waals surface area contributed by atoms with Crippen molar-refractivity contribution in [2.45, 2.75) is 16.1 Å². The number of nitrogens with zero attached hydrogens (tertiary/aromatic N) is 2. The van der Waals surface area contributed by atoms with Crippen molar-refractivity contribution >= 4 is 35.0 Å². The molecular formula is C11H5Cl2F3N2S. The van der Waals surface area contributed by atoms with Crippen LogP contribution in [0.2, 0.25) is 10.3 Å². The van der Waals surface area contributed by atoms with Gasteiger partial charge >= 0.3 is 6.18 Å². The molecule has 1 aromatic heterocycles. The predicted octanol–water partition coefficient (Wildman–Crippen LogP) is 4.95. The topological polar surface area (TPSA) is 25.8 Å². The zero-order valence-electron chi connectivity index (χ0n) is 9.08. The third kappa shape index (κ3) is 3.99. The van der Waals surface area contributed by atoms with Gasteiger partial charge in [0.25, 0.3) is 0 Å². The highest BCUT2D eigenvalue weighted by atomic mass is 35.5. The van der Waals surface area contributed by atoms with Crippen LogP contribution >= 0.6 is 35.0 Å². The largest absolute Gasteiger partial charge is 0.433 e. The molecule has 0 radical (unpaired) electrons. The molecule has 2 rings (SSSR count). The fraction of sp³-hybridized carbons (Fsp3) is 0.0909. The molecule has 0 fully saturated rings. The molecule has 0 aliphatic rings. The van der Waals surface area contributed by atoms with Crippen molar-refractivity contribution < 1.29 is 13.2 Å². The monoisotopic (exact) mass is 324 g/mol. The van der Waals surface area contributed by atoms with Gasteiger partial charge in [-0.1, -0.05) is 29.4 Å². The first-order chi connectivity index (χ1) is 8.84. The van der Waals surface area contributed by atoms with Crippen LogP contribution in [0.1, 0.15) is 5.69 Å². The van der Waals surface area contributed by atoms with Crippen LogP contribution in [0.15, 0.2) is 40.3 Å². The zero-order chi connectivity index (χ0) is 14.0. The van der Waals surface area contributed by atoms with E-state index in [-0.39, 0.29) is 5.03 Å². The number of aromatic nitrogens is 2. The smallest absolute Gasteiger partial charge is 0.213 e. The van der Waals surface area contributed by atoms with Gasteiger partial charge in [-0.2, -0.15) is 13.2 Å². The summed E-state index contributed by atoms with van der Waals surface area (Å²) >= 11 is 12.3. The van der Waals surface area contributed by atoms with E-state index < -0.39 is 17.2 Å². The fourth-order valence-electron chi connectivity index (χ4n) is 1.25. The van der Waals surface area contributed by atoms with Gasteiger partial charge in [-0.25, -0.2) is 9.97 Å². The first-order valence-electron chi connectivity index (χ1n) is 4.90. The molecule has 2 aromatic rings. The minimum absolute atomic E-state index is 0.106. The molecule has 19 heavy (non-hydrogen) atoms. The van der Waals surface area contributed by atoms with E-state index in [4.69, 9.17) is 23.2 Å². The third-order valence-electron chi connectivity index (χ3n) is 1.98. The molecule has 100 valence electrons. The molecule has 1 heterocycles. The number of benzene rings is 1. The van der Waals surface area contributed by atoms with E-state index in [0.29, 0.717) is 9.92 Å². The molecule has 0 unspecified atom stereocenters. The Labute approximate surface area is 121 Å². The van der Waals surface area contributed by atoms with Crippen molar-refractivity contribution in [2.75, 3.05) is 0 Å². The lowest BCUT2D eigenvalue weighted by molar-refractivity contribution is -0.141. The standard InChI is InChI=1S/C11H5Cl2F3N2S/c12-6-2-1-3-7(4-6)19-9-5-8(11(14,15)16)17-10(13)18-9/h1-5H. The van der Waals surface area contributed by atoms with Crippen LogP contribution in [-0.4, -0.2) is 9.97 Å². The van der Waals surface area contributed by atoms with E-state index in [0.717, 1.165) is 17.8 Å². The first-order valence-corrected chi connectivity index (χ1v) is 6.47. The minimum Gasteiger partial charge on any atom is -0.213 e. The minimum atomic E-state index is -4.56. The second-order valence-corrected chi connectivity index (χ2v) is 5.29. The summed E-state index contributed by atoms with van der Waals surface area (Å²) in [4.78, 5) is 7.56. The maximum absolute atomic E-state index is 12.6. The number of hydrogen-bond acceptors (Lipinski definition) is 3. The first kappa shape index (κ1) is 14.4. The summed E-state index contributed by atoms with van der Waals surface area (Å²) in [5, 5.41) is 0.148. The van der Waals surface area contributed by atoms with Crippen LogP contribution in [0.4, 0.5) is 13.2 Å². The average Bonchev–Trinajstić information content (AvgIpc) is 2.26. The van der Waals surface area contributed by atoms with E-state index in [1.165, 1.54) is 0 Å². The molecule has 0 bridgehead atoms. The molecule has 1 aromatic carbocycles. The second kappa shape index (κ2) is 5.56. The van der Waals surface area contributed by atoms with Gasteiger partial charge < -0.3 is 0 Å². The summed E-state index contributed by atoms with van der Waals surface area (Å²) in [7, 11) is 0. The van der Waals surface area contributed by atoms with Crippen molar-refractivity contribution in [3.63, 3.8) is 0 Å². The van der Waals surface area contributed by atoms with Crippen LogP contribution < -0.4 is 0 Å². The molecule has 0 saturated carbocycles. The summed E-state index contributed by atoms with van der Waals surface area (Å²) in [5.41, 5.74) is -1.07. The number of hydrogen-bond donors (Lipinski definition) is 0. The van der Waals surface area contributed by atoms with Crippen LogP contribution in [0.5, 0.6) is 0 Å². The maximum Gasteiger partial charge on any atom is 0.433 e. The summed E-state index contributed by atoms with van der Waals surface area (Å²) in [6.07, 6.45) is -4.56. The predicted molar refractivity (Wildman–Crippen MR) is 67.6 cm³/mol. The molecule has 2 nitrogen and oxygen atoms in total. The number of alkyl halides is 3. The number of rotatable bonds is 2. The van der Waals surface area contributed by atoms with Gasteiger partial charge in [-0.15, -0.1) is 0 Å². The molecule has 0 spiro atoms. The Morgan fingerprint density at radius 2 is 1.79 bits per heavy atom. The second-order valence-electron chi connectivity index (χ2n) is 3.42. The van der Waals surface area contributed by atoms with Crippen molar-refractivity contribution in [1.29, 1.82) is 0 Å². The molecule has 0 amide bonds. The summed E-state index contributed by atoms with van der Waals surface area (Å²) in [6, 6.07) is 7.53. The van der Waals surface area contributed by atoms with E-state index >= 15 is 0 Å². The normalized spacial score (nSPS) is 11.6. The summed E-state index contributed by atoms with van der Waals surface area (Å²) < 4.78 is 37.7. The van der Waals surface area contributed by atoms with Crippen molar-refractivity contribution in [3.8, 4) is 0 Å². The van der Waals surface area contributed by atoms with Crippen molar-refractivity contribution in [1.82, 2.24) is 9.97 Å². The van der Waals surface area contributed by atoms with Gasteiger partial charge in [0.2, 0.25) is 5.28 Å². The third-order valence-corrected chi connectivity index (χ3v) is 3.30. The fourth-order valence-corrected chi connectivity index (χ4v) is 2.61. The summed E-state index contributed by atoms with van der Waals surface area (Å²) in [5.74, 6) is 0. The lowest BCUT2D eigenvalue weighted by Gasteiger charge is -2.08. The molecule has 0 N–H and O–H groups in total. The molecule has 0 saturated heterocycles. The molecule has 0 atom stereocenters. The van der Waals surface area contributed by atoms with E-state index in [1.54, 1.807) is 24.3 Å². The molecule has 8 heteroatoms. The van der Waals surface area contributed by atoms with Crippen molar-refractivity contribution in [3.05, 3.63) is 46.3 Å². The molecular weight excluding hydrogens is 320 g/mol. The van der Waals surface area contributed by atoms with Gasteiger partial charge in [0.05, 0.1) is 0 Å². The van der Waals surface area contributed by atoms with Crippen LogP contribution in [0.25, 0.3) is 0 Å². The van der Waals surface area contributed by atoms with Gasteiger partial charge in [-0.3, -0.25) is 0 Å². The van der Waals surface area contributed by atoms with Gasteiger partial charge in [0.15, 0.2) is 5.69 Å². The molecule has 0 aliphatic carbocycles. The molecule has 0 aliphatic heterocycles. The highest BCUT2D eigenvalue weighted by molar-refractivity contribution is 7.99. The zero-order valence-corrected chi connectivity index (χ0v) is 11.4. The van der Waals surface area contributed by atoms with E-state index in [9.17, 15) is 13.2 Å². The highest BCUT2D eigenvalue weighted by Crippen LogP contribution is 2.33. The Balaban J connectivity index is 2.33. The quantitative estimate of drug-likeness (QED) is 0.577. The Kier molecular flexibility index (Phi) is 4.23. The van der Waals surface area contributed by atoms with Crippen molar-refractivity contribution in [2.24, 2.45) is 0 Å². The van der Waals surface area contributed by atoms with Crippen LogP contribution in [0.3, 0.4) is 0 Å². The Hall–Kier alpha value is -0.980. The van der Waals surface area contributed by atoms with Gasteiger partial charge in [-0.05, 0) is 29.8 Å². The van der Waals surface area contributed by atoms with Gasteiger partial charge in [0.1, 0.15) is 5.03 Å². The van der Waals surface area contributed by atoms with E-state index in [2.05, 4.69) is 9.97 Å². The lowest BCUT2D eigenvalue weighted by Crippen LogP contribution is -2.09. The Morgan fingerprint density at radius 1 is 1.05 bits per heavy atom. The van der Waals surface area contributed by atoms with E-state index in [1.807, 2.05) is 0 Å². The summed E-state index contributed by atoms with van der Waals surface area (Å²) in [6.45, 7) is 0. The van der Waals surface area contributed by atoms with Crippen LogP contribution in [-0.2, 0) is 6.18 Å². The highest BCUT2D eigenvalue weighted by Gasteiger charge is 2.33. The maximum atomic E-state index is 12.6. The number of halogens is 5. The average molecular weight is 325 g/mol. The van der Waals surface area contributed by atoms with Crippen LogP contribution in [0, 0.1) is 0 Å². The lowest BCUT2D eigenvalue weighted by atomic mass is 10.4.